The Kier molecular flexibility index (Phi) is 4.42. The van der Waals surface area contributed by atoms with Gasteiger partial charge in [-0.05, 0) is 44.4 Å². The van der Waals surface area contributed by atoms with Crippen molar-refractivity contribution >= 4 is 11.8 Å². The van der Waals surface area contributed by atoms with Crippen molar-refractivity contribution in [1.29, 1.82) is 0 Å². The van der Waals surface area contributed by atoms with E-state index >= 15 is 0 Å². The quantitative estimate of drug-likeness (QED) is 0.896. The number of hydrogen-bond acceptors (Lipinski definition) is 2. The van der Waals surface area contributed by atoms with Crippen LogP contribution in [0.15, 0.2) is 24.3 Å². The highest BCUT2D eigenvalue weighted by Crippen LogP contribution is 2.30. The van der Waals surface area contributed by atoms with Crippen LogP contribution in [0.25, 0.3) is 0 Å². The van der Waals surface area contributed by atoms with E-state index in [-0.39, 0.29) is 17.9 Å². The molecule has 4 heteroatoms. The normalized spacial score (nSPS) is 14.2. The van der Waals surface area contributed by atoms with Crippen molar-refractivity contribution in [1.82, 2.24) is 10.2 Å². The van der Waals surface area contributed by atoms with E-state index in [0.717, 1.165) is 24.0 Å². The molecule has 4 nitrogen and oxygen atoms in total. The lowest BCUT2D eigenvalue weighted by atomic mass is 10.1. The van der Waals surface area contributed by atoms with Gasteiger partial charge in [0.05, 0.1) is 0 Å². The summed E-state index contributed by atoms with van der Waals surface area (Å²) in [7, 11) is 0. The van der Waals surface area contributed by atoms with E-state index in [9.17, 15) is 9.59 Å². The van der Waals surface area contributed by atoms with Crippen molar-refractivity contribution in [2.45, 2.75) is 52.2 Å². The van der Waals surface area contributed by atoms with Gasteiger partial charge >= 0.3 is 0 Å². The van der Waals surface area contributed by atoms with E-state index in [1.807, 2.05) is 29.2 Å². The van der Waals surface area contributed by atoms with E-state index in [0.29, 0.717) is 12.6 Å². The summed E-state index contributed by atoms with van der Waals surface area (Å²) in [6.45, 7) is 6.11. The van der Waals surface area contributed by atoms with Crippen LogP contribution in [0, 0.1) is 0 Å². The second kappa shape index (κ2) is 6.07. The van der Waals surface area contributed by atoms with Crippen LogP contribution in [0.1, 0.15) is 49.5 Å². The first kappa shape index (κ1) is 14.6. The standard InChI is InChI=1S/C16H22N2O2/c1-11(2)18(15-8-9-15)16(20)14-6-4-13(5-7-14)10-17-12(3)19/h4-7,11,15H,8-10H2,1-3H3,(H,17,19). The molecule has 1 saturated carbocycles. The van der Waals surface area contributed by atoms with Crippen LogP contribution in [0.2, 0.25) is 0 Å². The third-order valence-corrected chi connectivity index (χ3v) is 3.47. The summed E-state index contributed by atoms with van der Waals surface area (Å²) < 4.78 is 0. The van der Waals surface area contributed by atoms with Gasteiger partial charge in [-0.2, -0.15) is 0 Å². The molecule has 0 saturated heterocycles. The molecule has 1 fully saturated rings. The number of hydrogen-bond donors (Lipinski definition) is 1. The molecule has 1 aliphatic carbocycles. The molecule has 2 amide bonds. The minimum Gasteiger partial charge on any atom is -0.352 e. The minimum atomic E-state index is -0.0510. The van der Waals surface area contributed by atoms with Gasteiger partial charge in [-0.15, -0.1) is 0 Å². The van der Waals surface area contributed by atoms with Crippen LogP contribution >= 0.6 is 0 Å². The summed E-state index contributed by atoms with van der Waals surface area (Å²) >= 11 is 0. The molecule has 0 spiro atoms. The van der Waals surface area contributed by atoms with Crippen molar-refractivity contribution in [2.75, 3.05) is 0 Å². The third-order valence-electron chi connectivity index (χ3n) is 3.47. The Balaban J connectivity index is 2.04. The maximum atomic E-state index is 12.5. The van der Waals surface area contributed by atoms with Gasteiger partial charge in [-0.25, -0.2) is 0 Å². The highest BCUT2D eigenvalue weighted by molar-refractivity contribution is 5.94. The first-order chi connectivity index (χ1) is 9.49. The summed E-state index contributed by atoms with van der Waals surface area (Å²) in [5, 5.41) is 2.75. The summed E-state index contributed by atoms with van der Waals surface area (Å²) in [5.74, 6) is 0.0541. The van der Waals surface area contributed by atoms with Crippen LogP contribution in [0.3, 0.4) is 0 Å². The van der Waals surface area contributed by atoms with Crippen LogP contribution in [-0.2, 0) is 11.3 Å². The number of benzene rings is 1. The Morgan fingerprint density at radius 1 is 1.25 bits per heavy atom. The van der Waals surface area contributed by atoms with Gasteiger partial charge in [0.15, 0.2) is 0 Å². The predicted octanol–water partition coefficient (Wildman–Crippen LogP) is 2.34. The fraction of sp³-hybridized carbons (Fsp3) is 0.500. The zero-order chi connectivity index (χ0) is 14.7. The van der Waals surface area contributed by atoms with E-state index in [2.05, 4.69) is 19.2 Å². The molecule has 2 rings (SSSR count). The van der Waals surface area contributed by atoms with Crippen molar-refractivity contribution in [3.05, 3.63) is 35.4 Å². The predicted molar refractivity (Wildman–Crippen MR) is 78.3 cm³/mol. The van der Waals surface area contributed by atoms with Crippen LogP contribution in [-0.4, -0.2) is 28.8 Å². The SMILES string of the molecule is CC(=O)NCc1ccc(C(=O)N(C(C)C)C2CC2)cc1. The van der Waals surface area contributed by atoms with E-state index in [1.165, 1.54) is 6.92 Å². The maximum absolute atomic E-state index is 12.5. The second-order valence-corrected chi connectivity index (χ2v) is 5.64. The van der Waals surface area contributed by atoms with Crippen LogP contribution < -0.4 is 5.32 Å². The van der Waals surface area contributed by atoms with E-state index < -0.39 is 0 Å². The first-order valence-corrected chi connectivity index (χ1v) is 7.15. The summed E-state index contributed by atoms with van der Waals surface area (Å²) in [4.78, 5) is 25.3. The number of carbonyl (C=O) groups excluding carboxylic acids is 2. The Bertz CT molecular complexity index is 488. The Labute approximate surface area is 120 Å². The van der Waals surface area contributed by atoms with E-state index in [4.69, 9.17) is 0 Å². The third kappa shape index (κ3) is 3.59. The molecule has 0 atom stereocenters. The van der Waals surface area contributed by atoms with Crippen molar-refractivity contribution in [2.24, 2.45) is 0 Å². The smallest absolute Gasteiger partial charge is 0.254 e. The number of nitrogens with one attached hydrogen (secondary N) is 1. The molecule has 1 aromatic rings. The molecule has 1 aromatic carbocycles. The molecular formula is C16H22N2O2. The zero-order valence-electron chi connectivity index (χ0n) is 12.3. The Hall–Kier alpha value is -1.84. The lowest BCUT2D eigenvalue weighted by Crippen LogP contribution is -2.38. The van der Waals surface area contributed by atoms with Gasteiger partial charge in [0, 0.05) is 31.1 Å². The molecule has 0 aliphatic heterocycles. The molecule has 0 aromatic heterocycles. The highest BCUT2D eigenvalue weighted by Gasteiger charge is 2.34. The lowest BCUT2D eigenvalue weighted by molar-refractivity contribution is -0.119. The second-order valence-electron chi connectivity index (χ2n) is 5.64. The number of amides is 2. The average Bonchev–Trinajstić information content (AvgIpc) is 3.21. The number of carbonyl (C=O) groups is 2. The maximum Gasteiger partial charge on any atom is 0.254 e. The van der Waals surface area contributed by atoms with Crippen molar-refractivity contribution in [3.63, 3.8) is 0 Å². The fourth-order valence-electron chi connectivity index (χ4n) is 2.32. The topological polar surface area (TPSA) is 49.4 Å². The molecule has 1 N–H and O–H groups in total. The molecule has 20 heavy (non-hydrogen) atoms. The highest BCUT2D eigenvalue weighted by atomic mass is 16.2. The fourth-order valence-corrected chi connectivity index (χ4v) is 2.32. The monoisotopic (exact) mass is 274 g/mol. The lowest BCUT2D eigenvalue weighted by Gasteiger charge is -2.26. The zero-order valence-corrected chi connectivity index (χ0v) is 12.3. The molecule has 108 valence electrons. The molecular weight excluding hydrogens is 252 g/mol. The van der Waals surface area contributed by atoms with Gasteiger partial charge in [0.25, 0.3) is 5.91 Å². The number of nitrogens with zero attached hydrogens (tertiary/aromatic N) is 1. The van der Waals surface area contributed by atoms with Crippen LogP contribution in [0.4, 0.5) is 0 Å². The van der Waals surface area contributed by atoms with Gasteiger partial charge in [0.1, 0.15) is 0 Å². The Morgan fingerprint density at radius 3 is 2.30 bits per heavy atom. The molecule has 0 bridgehead atoms. The van der Waals surface area contributed by atoms with Gasteiger partial charge < -0.3 is 10.2 Å². The van der Waals surface area contributed by atoms with Gasteiger partial charge in [-0.3, -0.25) is 9.59 Å². The summed E-state index contributed by atoms with van der Waals surface area (Å²) in [5.41, 5.74) is 1.72. The summed E-state index contributed by atoms with van der Waals surface area (Å²) in [6, 6.07) is 8.13. The molecule has 0 unspecified atom stereocenters. The largest absolute Gasteiger partial charge is 0.352 e. The molecule has 0 radical (unpaired) electrons. The summed E-state index contributed by atoms with van der Waals surface area (Å²) in [6.07, 6.45) is 2.23. The molecule has 0 heterocycles. The van der Waals surface area contributed by atoms with Crippen molar-refractivity contribution in [3.8, 4) is 0 Å². The van der Waals surface area contributed by atoms with Gasteiger partial charge in [0.2, 0.25) is 5.91 Å². The molecule has 1 aliphatic rings. The van der Waals surface area contributed by atoms with Crippen LogP contribution in [0.5, 0.6) is 0 Å². The Morgan fingerprint density at radius 2 is 1.85 bits per heavy atom. The van der Waals surface area contributed by atoms with Gasteiger partial charge in [-0.1, -0.05) is 12.1 Å². The average molecular weight is 274 g/mol. The minimum absolute atomic E-state index is 0.0510. The van der Waals surface area contributed by atoms with Crippen molar-refractivity contribution < 1.29 is 9.59 Å². The van der Waals surface area contributed by atoms with E-state index in [1.54, 1.807) is 0 Å². The number of rotatable bonds is 5. The first-order valence-electron chi connectivity index (χ1n) is 7.15.